The lowest BCUT2D eigenvalue weighted by molar-refractivity contribution is 0.189. The fourth-order valence-electron chi connectivity index (χ4n) is 2.52. The van der Waals surface area contributed by atoms with Gasteiger partial charge in [-0.05, 0) is 31.4 Å². The third-order valence-corrected chi connectivity index (χ3v) is 3.50. The van der Waals surface area contributed by atoms with Crippen molar-refractivity contribution < 1.29 is 19.0 Å². The molecule has 1 atom stereocenters. The summed E-state index contributed by atoms with van der Waals surface area (Å²) in [6, 6.07) is 3.73. The number of amides is 2. The highest BCUT2D eigenvalue weighted by Gasteiger charge is 2.28. The molecule has 5 nitrogen and oxygen atoms in total. The number of carbonyl (C=O) groups excluding carboxylic acids is 1. The molecular formula is C14H19FN2O3. The number of carbonyl (C=O) groups is 1. The molecule has 2 amide bonds. The largest absolute Gasteiger partial charge is 0.495 e. The molecule has 0 unspecified atom stereocenters. The Kier molecular flexibility index (Phi) is 4.79. The van der Waals surface area contributed by atoms with Gasteiger partial charge in [0, 0.05) is 25.3 Å². The summed E-state index contributed by atoms with van der Waals surface area (Å²) >= 11 is 0. The van der Waals surface area contributed by atoms with E-state index in [4.69, 9.17) is 9.84 Å². The molecule has 1 aromatic rings. The van der Waals surface area contributed by atoms with E-state index in [1.54, 1.807) is 4.90 Å². The normalized spacial score (nSPS) is 18.1. The minimum atomic E-state index is -0.436. The maximum absolute atomic E-state index is 13.3. The molecule has 0 aromatic heterocycles. The molecule has 20 heavy (non-hydrogen) atoms. The highest BCUT2D eigenvalue weighted by molar-refractivity contribution is 5.91. The highest BCUT2D eigenvalue weighted by atomic mass is 19.1. The van der Waals surface area contributed by atoms with E-state index in [0.717, 1.165) is 12.8 Å². The number of aliphatic hydroxyl groups is 1. The van der Waals surface area contributed by atoms with E-state index < -0.39 is 5.82 Å². The Bertz CT molecular complexity index is 481. The van der Waals surface area contributed by atoms with Crippen LogP contribution in [0.5, 0.6) is 5.75 Å². The van der Waals surface area contributed by atoms with Crippen LogP contribution in [-0.4, -0.2) is 42.3 Å². The summed E-state index contributed by atoms with van der Waals surface area (Å²) in [4.78, 5) is 13.9. The molecule has 1 aromatic carbocycles. The van der Waals surface area contributed by atoms with Crippen LogP contribution in [0.3, 0.4) is 0 Å². The number of benzene rings is 1. The van der Waals surface area contributed by atoms with Gasteiger partial charge in [-0.1, -0.05) is 0 Å². The minimum Gasteiger partial charge on any atom is -0.495 e. The van der Waals surface area contributed by atoms with E-state index in [1.165, 1.54) is 25.3 Å². The predicted molar refractivity (Wildman–Crippen MR) is 73.4 cm³/mol. The number of anilines is 1. The van der Waals surface area contributed by atoms with Crippen LogP contribution in [0.2, 0.25) is 0 Å². The van der Waals surface area contributed by atoms with E-state index in [-0.39, 0.29) is 18.7 Å². The monoisotopic (exact) mass is 282 g/mol. The summed E-state index contributed by atoms with van der Waals surface area (Å²) in [5.41, 5.74) is 0.312. The molecule has 0 aliphatic carbocycles. The molecule has 1 fully saturated rings. The average Bonchev–Trinajstić information content (AvgIpc) is 2.88. The Labute approximate surface area is 117 Å². The lowest BCUT2D eigenvalue weighted by atomic mass is 10.1. The van der Waals surface area contributed by atoms with Crippen LogP contribution in [0.15, 0.2) is 18.2 Å². The fourth-order valence-corrected chi connectivity index (χ4v) is 2.52. The highest BCUT2D eigenvalue weighted by Crippen LogP contribution is 2.27. The van der Waals surface area contributed by atoms with Gasteiger partial charge in [0.25, 0.3) is 0 Å². The van der Waals surface area contributed by atoms with Crippen LogP contribution in [0.4, 0.5) is 14.9 Å². The first-order valence-corrected chi connectivity index (χ1v) is 6.67. The van der Waals surface area contributed by atoms with E-state index in [1.807, 2.05) is 0 Å². The standard InChI is InChI=1S/C14H19FN2O3/c1-20-13-5-4-10(15)9-12(13)16-14(19)17-7-2-3-11(17)6-8-18/h4-5,9,11,18H,2-3,6-8H2,1H3,(H,16,19)/t11-/m0/s1. The van der Waals surface area contributed by atoms with Crippen LogP contribution in [-0.2, 0) is 0 Å². The van der Waals surface area contributed by atoms with Crippen molar-refractivity contribution in [2.75, 3.05) is 25.6 Å². The second kappa shape index (κ2) is 6.56. The number of nitrogens with zero attached hydrogens (tertiary/aromatic N) is 1. The molecule has 0 radical (unpaired) electrons. The molecule has 110 valence electrons. The van der Waals surface area contributed by atoms with Gasteiger partial charge in [0.15, 0.2) is 0 Å². The van der Waals surface area contributed by atoms with Crippen molar-refractivity contribution in [2.24, 2.45) is 0 Å². The van der Waals surface area contributed by atoms with Crippen molar-refractivity contribution in [1.82, 2.24) is 4.90 Å². The van der Waals surface area contributed by atoms with Gasteiger partial charge in [-0.15, -0.1) is 0 Å². The molecule has 1 aliphatic rings. The zero-order valence-electron chi connectivity index (χ0n) is 11.4. The molecule has 1 saturated heterocycles. The lowest BCUT2D eigenvalue weighted by Gasteiger charge is -2.24. The SMILES string of the molecule is COc1ccc(F)cc1NC(=O)N1CCC[C@H]1CCO. The summed E-state index contributed by atoms with van der Waals surface area (Å²) in [5, 5.41) is 11.7. The number of hydrogen-bond acceptors (Lipinski definition) is 3. The van der Waals surface area contributed by atoms with Gasteiger partial charge >= 0.3 is 6.03 Å². The molecular weight excluding hydrogens is 263 g/mol. The molecule has 0 bridgehead atoms. The van der Waals surface area contributed by atoms with E-state index >= 15 is 0 Å². The van der Waals surface area contributed by atoms with Gasteiger partial charge in [0.2, 0.25) is 0 Å². The number of likely N-dealkylation sites (tertiary alicyclic amines) is 1. The minimum absolute atomic E-state index is 0.0413. The lowest BCUT2D eigenvalue weighted by Crippen LogP contribution is -2.39. The Hall–Kier alpha value is -1.82. The van der Waals surface area contributed by atoms with Crippen LogP contribution in [0, 0.1) is 5.82 Å². The Morgan fingerprint density at radius 1 is 1.60 bits per heavy atom. The molecule has 1 heterocycles. The molecule has 2 rings (SSSR count). The molecule has 1 aliphatic heterocycles. The quantitative estimate of drug-likeness (QED) is 0.890. The topological polar surface area (TPSA) is 61.8 Å². The zero-order chi connectivity index (χ0) is 14.5. The maximum Gasteiger partial charge on any atom is 0.322 e. The predicted octanol–water partition coefficient (Wildman–Crippen LogP) is 2.21. The van der Waals surface area contributed by atoms with Crippen molar-refractivity contribution in [1.29, 1.82) is 0 Å². The fraction of sp³-hybridized carbons (Fsp3) is 0.500. The second-order valence-electron chi connectivity index (χ2n) is 4.78. The first kappa shape index (κ1) is 14.6. The number of urea groups is 1. The van der Waals surface area contributed by atoms with Crippen molar-refractivity contribution >= 4 is 11.7 Å². The van der Waals surface area contributed by atoms with Gasteiger partial charge in [-0.25, -0.2) is 9.18 Å². The van der Waals surface area contributed by atoms with Gasteiger partial charge in [0.1, 0.15) is 11.6 Å². The Morgan fingerprint density at radius 2 is 2.40 bits per heavy atom. The van der Waals surface area contributed by atoms with E-state index in [0.29, 0.717) is 24.4 Å². The first-order chi connectivity index (χ1) is 9.65. The zero-order valence-corrected chi connectivity index (χ0v) is 11.4. The van der Waals surface area contributed by atoms with Crippen molar-refractivity contribution in [3.63, 3.8) is 0 Å². The summed E-state index contributed by atoms with van der Waals surface area (Å²) in [7, 11) is 1.47. The number of ether oxygens (including phenoxy) is 1. The molecule has 0 spiro atoms. The Morgan fingerprint density at radius 3 is 3.10 bits per heavy atom. The maximum atomic E-state index is 13.3. The summed E-state index contributed by atoms with van der Waals surface area (Å²) in [6.07, 6.45) is 2.36. The Balaban J connectivity index is 2.09. The number of hydrogen-bond donors (Lipinski definition) is 2. The van der Waals surface area contributed by atoms with Gasteiger partial charge in [-0.3, -0.25) is 0 Å². The number of halogens is 1. The number of rotatable bonds is 4. The van der Waals surface area contributed by atoms with E-state index in [9.17, 15) is 9.18 Å². The van der Waals surface area contributed by atoms with Gasteiger partial charge in [0.05, 0.1) is 12.8 Å². The third-order valence-electron chi connectivity index (χ3n) is 3.50. The molecule has 6 heteroatoms. The van der Waals surface area contributed by atoms with Crippen LogP contribution >= 0.6 is 0 Å². The summed E-state index contributed by atoms with van der Waals surface area (Å²) < 4.78 is 18.4. The molecule has 0 saturated carbocycles. The van der Waals surface area contributed by atoms with Crippen LogP contribution in [0.25, 0.3) is 0 Å². The smallest absolute Gasteiger partial charge is 0.322 e. The number of nitrogens with one attached hydrogen (secondary N) is 1. The average molecular weight is 282 g/mol. The van der Waals surface area contributed by atoms with Crippen molar-refractivity contribution in [3.8, 4) is 5.75 Å². The second-order valence-corrected chi connectivity index (χ2v) is 4.78. The van der Waals surface area contributed by atoms with Crippen molar-refractivity contribution in [2.45, 2.75) is 25.3 Å². The summed E-state index contributed by atoms with van der Waals surface area (Å²) in [6.45, 7) is 0.700. The van der Waals surface area contributed by atoms with Crippen molar-refractivity contribution in [3.05, 3.63) is 24.0 Å². The first-order valence-electron chi connectivity index (χ1n) is 6.67. The van der Waals surface area contributed by atoms with Gasteiger partial charge < -0.3 is 20.1 Å². The van der Waals surface area contributed by atoms with Crippen LogP contribution < -0.4 is 10.1 Å². The van der Waals surface area contributed by atoms with Crippen LogP contribution in [0.1, 0.15) is 19.3 Å². The number of aliphatic hydroxyl groups excluding tert-OH is 1. The van der Waals surface area contributed by atoms with E-state index in [2.05, 4.69) is 5.32 Å². The summed E-state index contributed by atoms with van der Waals surface area (Å²) in [5.74, 6) is -0.0212. The number of methoxy groups -OCH3 is 1. The van der Waals surface area contributed by atoms with Gasteiger partial charge in [-0.2, -0.15) is 0 Å². The third kappa shape index (κ3) is 3.19. The molecule has 2 N–H and O–H groups in total.